The molecule has 24 heavy (non-hydrogen) atoms. The van der Waals surface area contributed by atoms with E-state index in [1.807, 2.05) is 4.68 Å². The van der Waals surface area contributed by atoms with Crippen LogP contribution in [-0.2, 0) is 4.74 Å². The van der Waals surface area contributed by atoms with E-state index in [9.17, 15) is 9.59 Å². The molecule has 0 aliphatic heterocycles. The Morgan fingerprint density at radius 2 is 2.04 bits per heavy atom. The van der Waals surface area contributed by atoms with Crippen molar-refractivity contribution in [3.05, 3.63) is 34.8 Å². The minimum atomic E-state index is -0.448. The van der Waals surface area contributed by atoms with Gasteiger partial charge in [0.25, 0.3) is 5.91 Å². The Balaban J connectivity index is 1.84. The largest absolute Gasteiger partial charge is 0.465 e. The van der Waals surface area contributed by atoms with E-state index in [1.165, 1.54) is 20.0 Å². The number of carbonyl (C=O) groups excluding carboxylic acids is 2. The van der Waals surface area contributed by atoms with Crippen LogP contribution in [0.3, 0.4) is 0 Å². The maximum atomic E-state index is 12.6. The number of nitrogens with one attached hydrogen (secondary N) is 2. The zero-order valence-electron chi connectivity index (χ0n) is 14.2. The first-order valence-electron chi connectivity index (χ1n) is 8.15. The van der Waals surface area contributed by atoms with Crippen LogP contribution in [0, 0.1) is 13.8 Å². The summed E-state index contributed by atoms with van der Waals surface area (Å²) >= 11 is 0. The molecule has 2 aromatic heterocycles. The fourth-order valence-electron chi connectivity index (χ4n) is 3.42. The maximum Gasteiger partial charge on any atom is 0.339 e. The van der Waals surface area contributed by atoms with E-state index in [1.54, 1.807) is 26.1 Å². The minimum absolute atomic E-state index is 0.287. The average Bonchev–Trinajstić information content (AvgIpc) is 3.27. The predicted octanol–water partition coefficient (Wildman–Crippen LogP) is 2.98. The Bertz CT molecular complexity index is 769. The Morgan fingerprint density at radius 1 is 1.33 bits per heavy atom. The van der Waals surface area contributed by atoms with Gasteiger partial charge in [-0.2, -0.15) is 5.10 Å². The number of aromatic nitrogens is 3. The number of hydrogen-bond donors (Lipinski definition) is 2. The molecule has 1 amide bonds. The molecule has 2 heterocycles. The third kappa shape index (κ3) is 2.81. The molecule has 2 N–H and O–H groups in total. The molecule has 128 valence electrons. The molecule has 0 spiro atoms. The van der Waals surface area contributed by atoms with Gasteiger partial charge in [-0.15, -0.1) is 0 Å². The van der Waals surface area contributed by atoms with Crippen molar-refractivity contribution >= 4 is 17.7 Å². The van der Waals surface area contributed by atoms with Crippen molar-refractivity contribution in [3.8, 4) is 0 Å². The van der Waals surface area contributed by atoms with Crippen molar-refractivity contribution in [3.63, 3.8) is 0 Å². The van der Waals surface area contributed by atoms with E-state index in [0.717, 1.165) is 12.8 Å². The number of methoxy groups -OCH3 is 1. The van der Waals surface area contributed by atoms with Crippen LogP contribution in [0.1, 0.15) is 63.8 Å². The van der Waals surface area contributed by atoms with Crippen molar-refractivity contribution in [1.82, 2.24) is 14.8 Å². The molecule has 0 saturated heterocycles. The third-order valence-corrected chi connectivity index (χ3v) is 4.64. The lowest BCUT2D eigenvalue weighted by Gasteiger charge is -2.14. The number of aryl methyl sites for hydroxylation is 1. The highest BCUT2D eigenvalue weighted by atomic mass is 16.5. The molecule has 1 fully saturated rings. The number of carbonyl (C=O) groups is 2. The second-order valence-electron chi connectivity index (χ2n) is 6.17. The van der Waals surface area contributed by atoms with E-state index < -0.39 is 5.97 Å². The normalized spacial score (nSPS) is 14.8. The van der Waals surface area contributed by atoms with Crippen LogP contribution in [0.15, 0.2) is 12.3 Å². The number of H-pyrrole nitrogens is 1. The van der Waals surface area contributed by atoms with E-state index in [0.29, 0.717) is 34.4 Å². The van der Waals surface area contributed by atoms with Crippen LogP contribution in [-0.4, -0.2) is 33.8 Å². The second-order valence-corrected chi connectivity index (χ2v) is 6.17. The van der Waals surface area contributed by atoms with Gasteiger partial charge in [-0.05, 0) is 32.3 Å². The lowest BCUT2D eigenvalue weighted by Crippen LogP contribution is -2.19. The smallest absolute Gasteiger partial charge is 0.339 e. The van der Waals surface area contributed by atoms with Crippen LogP contribution < -0.4 is 5.32 Å². The van der Waals surface area contributed by atoms with Crippen molar-refractivity contribution in [2.45, 2.75) is 45.6 Å². The first kappa shape index (κ1) is 16.3. The molecular weight excluding hydrogens is 308 g/mol. The Kier molecular flexibility index (Phi) is 4.42. The zero-order valence-corrected chi connectivity index (χ0v) is 14.2. The van der Waals surface area contributed by atoms with Gasteiger partial charge in [-0.3, -0.25) is 4.79 Å². The van der Waals surface area contributed by atoms with Crippen LogP contribution >= 0.6 is 0 Å². The molecule has 1 aliphatic rings. The van der Waals surface area contributed by atoms with Gasteiger partial charge < -0.3 is 15.0 Å². The summed E-state index contributed by atoms with van der Waals surface area (Å²) in [5, 5.41) is 7.25. The van der Waals surface area contributed by atoms with Gasteiger partial charge in [0.05, 0.1) is 24.9 Å². The fraction of sp³-hybridized carbons (Fsp3) is 0.471. The van der Waals surface area contributed by atoms with Gasteiger partial charge in [0.15, 0.2) is 0 Å². The monoisotopic (exact) mass is 330 g/mol. The van der Waals surface area contributed by atoms with E-state index in [4.69, 9.17) is 4.74 Å². The summed E-state index contributed by atoms with van der Waals surface area (Å²) in [4.78, 5) is 27.5. The van der Waals surface area contributed by atoms with E-state index in [-0.39, 0.29) is 5.91 Å². The first-order chi connectivity index (χ1) is 11.5. The quantitative estimate of drug-likeness (QED) is 0.843. The molecule has 0 unspecified atom stereocenters. The van der Waals surface area contributed by atoms with Crippen LogP contribution in [0.4, 0.5) is 5.82 Å². The summed E-state index contributed by atoms with van der Waals surface area (Å²) in [6.07, 6.45) is 6.24. The molecule has 0 aromatic carbocycles. The summed E-state index contributed by atoms with van der Waals surface area (Å²) in [5.74, 6) is -0.0556. The number of ether oxygens (including phenoxy) is 1. The molecule has 1 saturated carbocycles. The first-order valence-corrected chi connectivity index (χ1v) is 8.15. The molecule has 0 bridgehead atoms. The highest BCUT2D eigenvalue weighted by Gasteiger charge is 2.24. The van der Waals surface area contributed by atoms with E-state index >= 15 is 0 Å². The molecular formula is C17H22N4O3. The van der Waals surface area contributed by atoms with Gasteiger partial charge >= 0.3 is 5.97 Å². The van der Waals surface area contributed by atoms with Crippen molar-refractivity contribution in [2.24, 2.45) is 0 Å². The summed E-state index contributed by atoms with van der Waals surface area (Å²) < 4.78 is 6.66. The van der Waals surface area contributed by atoms with Crippen LogP contribution in [0.2, 0.25) is 0 Å². The van der Waals surface area contributed by atoms with Gasteiger partial charge in [0.2, 0.25) is 0 Å². The third-order valence-electron chi connectivity index (χ3n) is 4.64. The van der Waals surface area contributed by atoms with Gasteiger partial charge in [0.1, 0.15) is 11.5 Å². The number of esters is 1. The van der Waals surface area contributed by atoms with Crippen LogP contribution in [0.25, 0.3) is 0 Å². The number of hydrogen-bond acceptors (Lipinski definition) is 4. The summed E-state index contributed by atoms with van der Waals surface area (Å²) in [5.41, 5.74) is 1.98. The molecule has 0 atom stereocenters. The fourth-order valence-corrected chi connectivity index (χ4v) is 3.42. The van der Waals surface area contributed by atoms with Crippen LogP contribution in [0.5, 0.6) is 0 Å². The lowest BCUT2D eigenvalue weighted by molar-refractivity contribution is 0.0599. The summed E-state index contributed by atoms with van der Waals surface area (Å²) in [6.45, 7) is 3.48. The molecule has 0 radical (unpaired) electrons. The number of anilines is 1. The van der Waals surface area contributed by atoms with Gasteiger partial charge in [-0.1, -0.05) is 12.8 Å². The average molecular weight is 330 g/mol. The highest BCUT2D eigenvalue weighted by Crippen LogP contribution is 2.31. The van der Waals surface area contributed by atoms with Crippen molar-refractivity contribution in [2.75, 3.05) is 12.4 Å². The zero-order chi connectivity index (χ0) is 17.3. The Hall–Kier alpha value is -2.57. The number of aromatic amines is 1. The van der Waals surface area contributed by atoms with Gasteiger partial charge in [0, 0.05) is 11.8 Å². The molecule has 7 nitrogen and oxygen atoms in total. The summed E-state index contributed by atoms with van der Waals surface area (Å²) in [6, 6.07) is 2.13. The van der Waals surface area contributed by atoms with Gasteiger partial charge in [-0.25, -0.2) is 9.48 Å². The number of amides is 1. The molecule has 7 heteroatoms. The van der Waals surface area contributed by atoms with Crippen molar-refractivity contribution in [1.29, 1.82) is 0 Å². The SMILES string of the molecule is COC(=O)c1c(C)[nH]c(C(=O)Nc2ccnn2C2CCCC2)c1C. The number of rotatable bonds is 4. The van der Waals surface area contributed by atoms with E-state index in [2.05, 4.69) is 15.4 Å². The topological polar surface area (TPSA) is 89.0 Å². The molecule has 1 aliphatic carbocycles. The Labute approximate surface area is 140 Å². The standard InChI is InChI=1S/C17H22N4O3/c1-10-14(17(23)24-3)11(2)19-15(10)16(22)20-13-8-9-18-21(13)12-6-4-5-7-12/h8-9,12,19H,4-7H2,1-3H3,(H,20,22). The minimum Gasteiger partial charge on any atom is -0.465 e. The lowest BCUT2D eigenvalue weighted by atomic mass is 10.1. The van der Waals surface area contributed by atoms with Crippen molar-refractivity contribution < 1.29 is 14.3 Å². The second kappa shape index (κ2) is 6.51. The molecule has 3 rings (SSSR count). The maximum absolute atomic E-state index is 12.6. The number of nitrogens with zero attached hydrogens (tertiary/aromatic N) is 2. The summed E-state index contributed by atoms with van der Waals surface area (Å²) in [7, 11) is 1.33. The molecule has 2 aromatic rings. The highest BCUT2D eigenvalue weighted by molar-refractivity contribution is 6.06. The Morgan fingerprint density at radius 3 is 2.71 bits per heavy atom. The predicted molar refractivity (Wildman–Crippen MR) is 89.3 cm³/mol.